The van der Waals surface area contributed by atoms with Crippen LogP contribution in [0.25, 0.3) is 10.2 Å². The zero-order valence-corrected chi connectivity index (χ0v) is 15.5. The Morgan fingerprint density at radius 3 is 2.74 bits per heavy atom. The van der Waals surface area contributed by atoms with E-state index in [1.165, 1.54) is 18.3 Å². The van der Waals surface area contributed by atoms with Gasteiger partial charge in [0.05, 0.1) is 16.8 Å². The first-order valence-corrected chi connectivity index (χ1v) is 8.98. The zero-order chi connectivity index (χ0) is 19.2. The first-order chi connectivity index (χ1) is 13.1. The number of hydrogen-bond donors (Lipinski definition) is 1. The van der Waals surface area contributed by atoms with Gasteiger partial charge in [0.15, 0.2) is 11.4 Å². The molecule has 0 aliphatic carbocycles. The maximum absolute atomic E-state index is 12.2. The number of carbonyl (C=O) groups excluding carboxylic acids is 2. The fourth-order valence-corrected chi connectivity index (χ4v) is 3.57. The normalized spacial score (nSPS) is 11.2. The van der Waals surface area contributed by atoms with Crippen molar-refractivity contribution >= 4 is 39.1 Å². The fraction of sp³-hybridized carbons (Fsp3) is 0.150. The van der Waals surface area contributed by atoms with Crippen molar-refractivity contribution in [3.05, 3.63) is 53.3 Å². The molecule has 6 nitrogen and oxygen atoms in total. The third kappa shape index (κ3) is 4.63. The third-order valence-electron chi connectivity index (χ3n) is 3.58. The molecule has 0 bridgehead atoms. The number of carbonyl (C=O) groups is 2. The number of nitrogens with one attached hydrogen (secondary N) is 1. The summed E-state index contributed by atoms with van der Waals surface area (Å²) in [5.74, 6) is 2.63. The molecule has 1 heterocycles. The second-order valence-electron chi connectivity index (χ2n) is 5.65. The number of fused-ring (bicyclic) bond motifs is 1. The summed E-state index contributed by atoms with van der Waals surface area (Å²) in [6, 6.07) is 14.5. The van der Waals surface area contributed by atoms with Gasteiger partial charge in [0.2, 0.25) is 5.91 Å². The van der Waals surface area contributed by atoms with Gasteiger partial charge >= 0.3 is 0 Å². The minimum Gasteiger partial charge on any atom is -0.484 e. The van der Waals surface area contributed by atoms with E-state index in [9.17, 15) is 9.59 Å². The van der Waals surface area contributed by atoms with Crippen molar-refractivity contribution in [2.75, 3.05) is 11.9 Å². The highest BCUT2D eigenvalue weighted by molar-refractivity contribution is 7.16. The molecule has 136 valence electrons. The number of terminal acetylenes is 1. The topological polar surface area (TPSA) is 72.7 Å². The largest absolute Gasteiger partial charge is 0.484 e. The molecule has 0 aliphatic rings. The van der Waals surface area contributed by atoms with Crippen molar-refractivity contribution in [3.63, 3.8) is 0 Å². The minimum absolute atomic E-state index is 0.152. The molecule has 0 saturated heterocycles. The molecule has 3 aromatic rings. The van der Waals surface area contributed by atoms with Crippen molar-refractivity contribution in [1.29, 1.82) is 0 Å². The van der Waals surface area contributed by atoms with Gasteiger partial charge in [-0.2, -0.15) is 4.99 Å². The second-order valence-corrected chi connectivity index (χ2v) is 6.65. The Morgan fingerprint density at radius 2 is 2.04 bits per heavy atom. The summed E-state index contributed by atoms with van der Waals surface area (Å²) < 4.78 is 8.10. The molecule has 0 atom stereocenters. The predicted octanol–water partition coefficient (Wildman–Crippen LogP) is 2.80. The SMILES string of the molecule is C#CCn1/c(=N/C(=O)COc2ccccc2)sc2cc(NC(C)=O)ccc21. The standard InChI is InChI=1S/C20H17N3O3S/c1-3-11-23-17-10-9-15(21-14(2)24)12-18(17)27-20(23)22-19(25)13-26-16-7-5-4-6-8-16/h1,4-10,12H,11,13H2,2H3,(H,21,24)/b22-20-. The van der Waals surface area contributed by atoms with Crippen LogP contribution in [-0.2, 0) is 16.1 Å². The number of amides is 2. The molecule has 1 aromatic heterocycles. The molecule has 2 amide bonds. The van der Waals surface area contributed by atoms with Crippen LogP contribution in [0.2, 0.25) is 0 Å². The molecule has 0 unspecified atom stereocenters. The molecule has 0 radical (unpaired) electrons. The van der Waals surface area contributed by atoms with Crippen molar-refractivity contribution in [1.82, 2.24) is 4.57 Å². The van der Waals surface area contributed by atoms with E-state index in [1.54, 1.807) is 22.8 Å². The molecule has 3 rings (SSSR count). The van der Waals surface area contributed by atoms with Gasteiger partial charge in [0, 0.05) is 12.6 Å². The van der Waals surface area contributed by atoms with Gasteiger partial charge in [-0.1, -0.05) is 35.5 Å². The third-order valence-corrected chi connectivity index (χ3v) is 4.62. The predicted molar refractivity (Wildman–Crippen MR) is 105 cm³/mol. The van der Waals surface area contributed by atoms with Gasteiger partial charge in [0.25, 0.3) is 5.91 Å². The van der Waals surface area contributed by atoms with E-state index in [-0.39, 0.29) is 19.1 Å². The average Bonchev–Trinajstić information content (AvgIpc) is 2.97. The molecule has 7 heteroatoms. The highest BCUT2D eigenvalue weighted by Gasteiger charge is 2.09. The van der Waals surface area contributed by atoms with Crippen LogP contribution in [0.1, 0.15) is 6.92 Å². The van der Waals surface area contributed by atoms with Crippen molar-refractivity contribution in [3.8, 4) is 18.1 Å². The second kappa shape index (κ2) is 8.34. The van der Waals surface area contributed by atoms with Crippen LogP contribution in [0.15, 0.2) is 53.5 Å². The number of nitrogens with zero attached hydrogens (tertiary/aromatic N) is 2. The van der Waals surface area contributed by atoms with E-state index in [1.807, 2.05) is 30.3 Å². The molecule has 0 fully saturated rings. The maximum Gasteiger partial charge on any atom is 0.286 e. The van der Waals surface area contributed by atoms with Gasteiger partial charge in [-0.05, 0) is 30.3 Å². The lowest BCUT2D eigenvalue weighted by atomic mass is 10.3. The first-order valence-electron chi connectivity index (χ1n) is 8.16. The summed E-state index contributed by atoms with van der Waals surface area (Å²) in [7, 11) is 0. The van der Waals surface area contributed by atoms with Crippen molar-refractivity contribution in [2.45, 2.75) is 13.5 Å². The lowest BCUT2D eigenvalue weighted by molar-refractivity contribution is -0.120. The Labute approximate surface area is 160 Å². The van der Waals surface area contributed by atoms with Crippen LogP contribution < -0.4 is 14.9 Å². The Bertz CT molecular complexity index is 1090. The molecule has 27 heavy (non-hydrogen) atoms. The van der Waals surface area contributed by atoms with Crippen LogP contribution in [0, 0.1) is 12.3 Å². The Morgan fingerprint density at radius 1 is 1.26 bits per heavy atom. The van der Waals surface area contributed by atoms with Gasteiger partial charge in [0.1, 0.15) is 5.75 Å². The molecule has 0 saturated carbocycles. The number of rotatable bonds is 5. The molecule has 2 aromatic carbocycles. The highest BCUT2D eigenvalue weighted by atomic mass is 32.1. The number of aromatic nitrogens is 1. The van der Waals surface area contributed by atoms with Gasteiger partial charge in [-0.3, -0.25) is 9.59 Å². The van der Waals surface area contributed by atoms with Crippen molar-refractivity contribution in [2.24, 2.45) is 4.99 Å². The van der Waals surface area contributed by atoms with Crippen LogP contribution in [0.3, 0.4) is 0 Å². The summed E-state index contributed by atoms with van der Waals surface area (Å²) >= 11 is 1.33. The Hall–Kier alpha value is -3.37. The van der Waals surface area contributed by atoms with Gasteiger partial charge < -0.3 is 14.6 Å². The van der Waals surface area contributed by atoms with Crippen LogP contribution in [-0.4, -0.2) is 23.0 Å². The zero-order valence-electron chi connectivity index (χ0n) is 14.6. The summed E-state index contributed by atoms with van der Waals surface area (Å²) in [5.41, 5.74) is 1.52. The van der Waals surface area contributed by atoms with Crippen LogP contribution >= 0.6 is 11.3 Å². The van der Waals surface area contributed by atoms with E-state index in [4.69, 9.17) is 11.2 Å². The molecular formula is C20H17N3O3S. The van der Waals surface area contributed by atoms with E-state index < -0.39 is 5.91 Å². The van der Waals surface area contributed by atoms with E-state index in [0.29, 0.717) is 16.2 Å². The van der Waals surface area contributed by atoms with Crippen molar-refractivity contribution < 1.29 is 14.3 Å². The monoisotopic (exact) mass is 379 g/mol. The smallest absolute Gasteiger partial charge is 0.286 e. The average molecular weight is 379 g/mol. The summed E-state index contributed by atoms with van der Waals surface area (Å²) in [6.07, 6.45) is 5.47. The molecule has 0 spiro atoms. The van der Waals surface area contributed by atoms with Crippen LogP contribution in [0.5, 0.6) is 5.75 Å². The Kier molecular flexibility index (Phi) is 5.69. The number of anilines is 1. The number of para-hydroxylation sites is 1. The quantitative estimate of drug-likeness (QED) is 0.693. The summed E-state index contributed by atoms with van der Waals surface area (Å²) in [6.45, 7) is 1.57. The highest BCUT2D eigenvalue weighted by Crippen LogP contribution is 2.22. The summed E-state index contributed by atoms with van der Waals surface area (Å²) in [5, 5.41) is 2.74. The van der Waals surface area contributed by atoms with E-state index >= 15 is 0 Å². The first kappa shape index (κ1) is 18.4. The Balaban J connectivity index is 1.90. The summed E-state index contributed by atoms with van der Waals surface area (Å²) in [4.78, 5) is 28.1. The van der Waals surface area contributed by atoms with Gasteiger partial charge in [-0.25, -0.2) is 0 Å². The lowest BCUT2D eigenvalue weighted by Crippen LogP contribution is -2.19. The fourth-order valence-electron chi connectivity index (χ4n) is 2.48. The van der Waals surface area contributed by atoms with Crippen LogP contribution in [0.4, 0.5) is 5.69 Å². The van der Waals surface area contributed by atoms with E-state index in [2.05, 4.69) is 16.2 Å². The molecule has 0 aliphatic heterocycles. The van der Waals surface area contributed by atoms with Gasteiger partial charge in [-0.15, -0.1) is 6.42 Å². The lowest BCUT2D eigenvalue weighted by Gasteiger charge is -2.03. The molecular weight excluding hydrogens is 362 g/mol. The van der Waals surface area contributed by atoms with E-state index in [0.717, 1.165) is 10.2 Å². The number of ether oxygens (including phenoxy) is 1. The number of benzene rings is 2. The number of hydrogen-bond acceptors (Lipinski definition) is 4. The maximum atomic E-state index is 12.2. The molecule has 1 N–H and O–H groups in total. The number of thiazole rings is 1. The minimum atomic E-state index is -0.404.